The van der Waals surface area contributed by atoms with E-state index < -0.39 is 5.97 Å². The number of hydrogen-bond acceptors (Lipinski definition) is 3. The molecule has 0 radical (unpaired) electrons. The Kier molecular flexibility index (Phi) is 4.47. The maximum absolute atomic E-state index is 12.4. The number of carboxylic acid groups (broad SMARTS) is 1. The largest absolute Gasteiger partial charge is 0.481 e. The number of carbonyl (C=O) groups excluding carboxylic acids is 1. The van der Waals surface area contributed by atoms with E-state index in [-0.39, 0.29) is 23.8 Å². The first-order valence-corrected chi connectivity index (χ1v) is 7.03. The molecule has 1 aromatic rings. The van der Waals surface area contributed by atoms with E-state index in [0.717, 1.165) is 5.76 Å². The maximum Gasteiger partial charge on any atom is 0.306 e. The minimum Gasteiger partial charge on any atom is -0.481 e. The second kappa shape index (κ2) is 6.11. The fourth-order valence-corrected chi connectivity index (χ4v) is 2.79. The van der Waals surface area contributed by atoms with Crippen molar-refractivity contribution >= 4 is 11.9 Å². The second-order valence-electron chi connectivity index (χ2n) is 5.53. The van der Waals surface area contributed by atoms with Crippen molar-refractivity contribution in [3.8, 4) is 0 Å². The molecule has 0 bridgehead atoms. The summed E-state index contributed by atoms with van der Waals surface area (Å²) in [6.45, 7) is 1.93. The van der Waals surface area contributed by atoms with Gasteiger partial charge in [-0.05, 0) is 44.7 Å². The Hall–Kier alpha value is -1.78. The molecule has 1 fully saturated rings. The van der Waals surface area contributed by atoms with Gasteiger partial charge in [0.2, 0.25) is 5.91 Å². The number of aliphatic carboxylic acids is 1. The molecule has 1 aliphatic rings. The van der Waals surface area contributed by atoms with Gasteiger partial charge < -0.3 is 14.4 Å². The fourth-order valence-electron chi connectivity index (χ4n) is 2.79. The Bertz CT molecular complexity index is 460. The summed E-state index contributed by atoms with van der Waals surface area (Å²) >= 11 is 0. The summed E-state index contributed by atoms with van der Waals surface area (Å²) in [7, 11) is 1.78. The number of amides is 1. The minimum atomic E-state index is -0.742. The molecule has 1 heterocycles. The van der Waals surface area contributed by atoms with Gasteiger partial charge in [-0.15, -0.1) is 0 Å². The standard InChI is InChI=1S/C15H21NO4/c1-10(13-4-3-9-20-13)16(2)14(17)11-5-7-12(8-6-11)15(18)19/h3-4,9-12H,5-8H2,1-2H3,(H,18,19)/t10-,11?,12?/m0/s1. The average molecular weight is 279 g/mol. The van der Waals surface area contributed by atoms with Crippen molar-refractivity contribution in [2.75, 3.05) is 7.05 Å². The fraction of sp³-hybridized carbons (Fsp3) is 0.600. The normalized spacial score (nSPS) is 24.1. The molecule has 1 amide bonds. The van der Waals surface area contributed by atoms with E-state index >= 15 is 0 Å². The first kappa shape index (κ1) is 14.6. The molecule has 0 spiro atoms. The molecule has 1 aliphatic carbocycles. The van der Waals surface area contributed by atoms with Crippen molar-refractivity contribution in [2.24, 2.45) is 11.8 Å². The predicted octanol–water partition coefficient (Wildman–Crippen LogP) is 2.69. The van der Waals surface area contributed by atoms with E-state index in [1.807, 2.05) is 19.1 Å². The van der Waals surface area contributed by atoms with Crippen LogP contribution >= 0.6 is 0 Å². The lowest BCUT2D eigenvalue weighted by molar-refractivity contribution is -0.146. The van der Waals surface area contributed by atoms with Crippen molar-refractivity contribution in [1.82, 2.24) is 4.90 Å². The molecule has 5 heteroatoms. The van der Waals surface area contributed by atoms with E-state index in [9.17, 15) is 9.59 Å². The molecule has 5 nitrogen and oxygen atoms in total. The van der Waals surface area contributed by atoms with Gasteiger partial charge in [0.15, 0.2) is 0 Å². The third-order valence-corrected chi connectivity index (χ3v) is 4.31. The third-order valence-electron chi connectivity index (χ3n) is 4.31. The van der Waals surface area contributed by atoms with E-state index in [4.69, 9.17) is 9.52 Å². The van der Waals surface area contributed by atoms with Crippen LogP contribution in [0.5, 0.6) is 0 Å². The first-order valence-electron chi connectivity index (χ1n) is 7.03. The summed E-state index contributed by atoms with van der Waals surface area (Å²) < 4.78 is 5.33. The molecule has 110 valence electrons. The van der Waals surface area contributed by atoms with Crippen LogP contribution in [0.25, 0.3) is 0 Å². The summed E-state index contributed by atoms with van der Waals surface area (Å²) in [6, 6.07) is 3.56. The molecule has 0 aromatic carbocycles. The highest BCUT2D eigenvalue weighted by molar-refractivity contribution is 5.79. The number of furan rings is 1. The van der Waals surface area contributed by atoms with Crippen LogP contribution in [0, 0.1) is 11.8 Å². The summed E-state index contributed by atoms with van der Waals surface area (Å²) in [6.07, 6.45) is 4.10. The first-order chi connectivity index (χ1) is 9.50. The molecule has 2 rings (SSSR count). The van der Waals surface area contributed by atoms with Gasteiger partial charge in [0.05, 0.1) is 18.2 Å². The zero-order chi connectivity index (χ0) is 14.7. The summed E-state index contributed by atoms with van der Waals surface area (Å²) in [5.41, 5.74) is 0. The van der Waals surface area contributed by atoms with Crippen LogP contribution in [-0.2, 0) is 9.59 Å². The summed E-state index contributed by atoms with van der Waals surface area (Å²) in [4.78, 5) is 25.1. The Balaban J connectivity index is 1.93. The summed E-state index contributed by atoms with van der Waals surface area (Å²) in [5, 5.41) is 8.98. The van der Waals surface area contributed by atoms with Crippen LogP contribution in [-0.4, -0.2) is 28.9 Å². The number of carboxylic acids is 1. The van der Waals surface area contributed by atoms with Gasteiger partial charge in [-0.2, -0.15) is 0 Å². The number of hydrogen-bond donors (Lipinski definition) is 1. The van der Waals surface area contributed by atoms with Gasteiger partial charge in [-0.1, -0.05) is 0 Å². The Morgan fingerprint density at radius 3 is 2.40 bits per heavy atom. The number of rotatable bonds is 4. The zero-order valence-electron chi connectivity index (χ0n) is 11.9. The molecule has 0 saturated heterocycles. The lowest BCUT2D eigenvalue weighted by Crippen LogP contribution is -2.37. The predicted molar refractivity (Wildman–Crippen MR) is 73.0 cm³/mol. The van der Waals surface area contributed by atoms with Gasteiger partial charge in [0.25, 0.3) is 0 Å². The lowest BCUT2D eigenvalue weighted by atomic mass is 9.81. The Morgan fingerprint density at radius 2 is 1.90 bits per heavy atom. The van der Waals surface area contributed by atoms with Gasteiger partial charge in [0.1, 0.15) is 5.76 Å². The molecule has 1 aromatic heterocycles. The molecular weight excluding hydrogens is 258 g/mol. The second-order valence-corrected chi connectivity index (χ2v) is 5.53. The van der Waals surface area contributed by atoms with Crippen molar-refractivity contribution in [2.45, 2.75) is 38.6 Å². The molecule has 1 atom stereocenters. The van der Waals surface area contributed by atoms with E-state index in [1.54, 1.807) is 18.2 Å². The molecule has 20 heavy (non-hydrogen) atoms. The van der Waals surface area contributed by atoms with Gasteiger partial charge in [-0.3, -0.25) is 9.59 Å². The smallest absolute Gasteiger partial charge is 0.306 e. The SMILES string of the molecule is C[C@@H](c1ccco1)N(C)C(=O)C1CCC(C(=O)O)CC1. The molecule has 1 N–H and O–H groups in total. The number of carbonyl (C=O) groups is 2. The van der Waals surface area contributed by atoms with E-state index in [1.165, 1.54) is 0 Å². The number of nitrogens with zero attached hydrogens (tertiary/aromatic N) is 1. The van der Waals surface area contributed by atoms with Crippen LogP contribution in [0.15, 0.2) is 22.8 Å². The quantitative estimate of drug-likeness (QED) is 0.919. The van der Waals surface area contributed by atoms with Crippen LogP contribution < -0.4 is 0 Å². The van der Waals surface area contributed by atoms with Crippen LogP contribution in [0.1, 0.15) is 44.4 Å². The van der Waals surface area contributed by atoms with E-state index in [0.29, 0.717) is 25.7 Å². The lowest BCUT2D eigenvalue weighted by Gasteiger charge is -2.31. The highest BCUT2D eigenvalue weighted by atomic mass is 16.4. The zero-order valence-corrected chi connectivity index (χ0v) is 11.9. The van der Waals surface area contributed by atoms with Crippen LogP contribution in [0.2, 0.25) is 0 Å². The van der Waals surface area contributed by atoms with Crippen molar-refractivity contribution in [3.63, 3.8) is 0 Å². The highest BCUT2D eigenvalue weighted by Gasteiger charge is 2.32. The Morgan fingerprint density at radius 1 is 1.30 bits per heavy atom. The molecule has 1 saturated carbocycles. The van der Waals surface area contributed by atoms with Crippen LogP contribution in [0.4, 0.5) is 0 Å². The van der Waals surface area contributed by atoms with Crippen molar-refractivity contribution in [3.05, 3.63) is 24.2 Å². The average Bonchev–Trinajstić information content (AvgIpc) is 2.99. The van der Waals surface area contributed by atoms with Crippen LogP contribution in [0.3, 0.4) is 0 Å². The van der Waals surface area contributed by atoms with Gasteiger partial charge >= 0.3 is 5.97 Å². The van der Waals surface area contributed by atoms with E-state index in [2.05, 4.69) is 0 Å². The monoisotopic (exact) mass is 279 g/mol. The molecule has 0 unspecified atom stereocenters. The van der Waals surface area contributed by atoms with Gasteiger partial charge in [-0.25, -0.2) is 0 Å². The van der Waals surface area contributed by atoms with Gasteiger partial charge in [0, 0.05) is 13.0 Å². The highest BCUT2D eigenvalue weighted by Crippen LogP contribution is 2.31. The maximum atomic E-state index is 12.4. The molecule has 0 aliphatic heterocycles. The molecular formula is C15H21NO4. The van der Waals surface area contributed by atoms with Crippen molar-refractivity contribution in [1.29, 1.82) is 0 Å². The minimum absolute atomic E-state index is 0.0620. The Labute approximate surface area is 118 Å². The summed E-state index contributed by atoms with van der Waals surface area (Å²) in [5.74, 6) is -0.245. The van der Waals surface area contributed by atoms with Crippen molar-refractivity contribution < 1.29 is 19.1 Å². The third kappa shape index (κ3) is 3.03. The topological polar surface area (TPSA) is 70.8 Å².